The first-order valence-corrected chi connectivity index (χ1v) is 7.38. The van der Waals surface area contributed by atoms with Crippen LogP contribution in [0.25, 0.3) is 0 Å². The Labute approximate surface area is 140 Å². The van der Waals surface area contributed by atoms with Crippen LogP contribution in [0.5, 0.6) is 0 Å². The van der Waals surface area contributed by atoms with Crippen LogP contribution in [0, 0.1) is 0 Å². The highest BCUT2D eigenvalue weighted by atomic mass is 35.5. The molecule has 1 heterocycles. The molecule has 1 fully saturated rings. The van der Waals surface area contributed by atoms with Gasteiger partial charge in [0.05, 0.1) is 6.04 Å². The SMILES string of the molecule is CC(C)[NH+]1CC[NH+](C(C)C(=O)c2ccccc2)CC1.[Cl-].[Cl-]. The van der Waals surface area contributed by atoms with Crippen LogP contribution in [-0.4, -0.2) is 44.0 Å². The molecule has 21 heavy (non-hydrogen) atoms. The van der Waals surface area contributed by atoms with Gasteiger partial charge < -0.3 is 34.6 Å². The van der Waals surface area contributed by atoms with Gasteiger partial charge in [-0.15, -0.1) is 0 Å². The molecular weight excluding hydrogens is 307 g/mol. The molecule has 2 N–H and O–H groups in total. The van der Waals surface area contributed by atoms with E-state index in [0.717, 1.165) is 18.7 Å². The van der Waals surface area contributed by atoms with Gasteiger partial charge in [-0.3, -0.25) is 4.79 Å². The number of halogens is 2. The number of hydrogen-bond donors (Lipinski definition) is 2. The summed E-state index contributed by atoms with van der Waals surface area (Å²) in [5.41, 5.74) is 0.848. The minimum absolute atomic E-state index is 0. The van der Waals surface area contributed by atoms with Crippen molar-refractivity contribution in [3.8, 4) is 0 Å². The van der Waals surface area contributed by atoms with Crippen LogP contribution in [0.3, 0.4) is 0 Å². The van der Waals surface area contributed by atoms with Gasteiger partial charge in [0, 0.05) is 5.56 Å². The lowest BCUT2D eigenvalue weighted by Crippen LogP contribution is -3.31. The van der Waals surface area contributed by atoms with Gasteiger partial charge in [-0.2, -0.15) is 0 Å². The molecule has 5 heteroatoms. The Hall–Kier alpha value is -0.610. The number of rotatable bonds is 4. The molecule has 1 unspecified atom stereocenters. The van der Waals surface area contributed by atoms with Crippen molar-refractivity contribution in [1.29, 1.82) is 0 Å². The molecule has 1 aromatic carbocycles. The number of benzene rings is 1. The number of carbonyl (C=O) groups excluding carboxylic acids is 1. The number of quaternary nitrogens is 2. The molecule has 1 aliphatic rings. The van der Waals surface area contributed by atoms with Gasteiger partial charge in [0.25, 0.3) is 0 Å². The van der Waals surface area contributed by atoms with Crippen molar-refractivity contribution >= 4 is 5.78 Å². The van der Waals surface area contributed by atoms with Crippen LogP contribution in [0.2, 0.25) is 0 Å². The first-order valence-electron chi connectivity index (χ1n) is 7.38. The Balaban J connectivity index is 0.00000200. The molecule has 2 rings (SSSR count). The first kappa shape index (κ1) is 20.4. The molecule has 0 saturated carbocycles. The van der Waals surface area contributed by atoms with Crippen LogP contribution < -0.4 is 34.6 Å². The summed E-state index contributed by atoms with van der Waals surface area (Å²) in [5.74, 6) is 0.281. The molecule has 0 spiro atoms. The lowest BCUT2D eigenvalue weighted by atomic mass is 10.0. The standard InChI is InChI=1S/C16H24N2O.2ClH/c1-13(2)17-9-11-18(12-10-17)14(3)16(19)15-7-5-4-6-8-15;;/h4-8,13-14H,9-12H2,1-3H3;2*1H. The predicted molar refractivity (Wildman–Crippen MR) is 76.8 cm³/mol. The van der Waals surface area contributed by atoms with E-state index in [1.165, 1.54) is 18.0 Å². The van der Waals surface area contributed by atoms with Crippen molar-refractivity contribution in [3.05, 3.63) is 35.9 Å². The average Bonchev–Trinajstić information content (AvgIpc) is 2.46. The van der Waals surface area contributed by atoms with Crippen LogP contribution in [-0.2, 0) is 0 Å². The zero-order valence-electron chi connectivity index (χ0n) is 13.0. The molecule has 0 aromatic heterocycles. The fraction of sp³-hybridized carbons (Fsp3) is 0.562. The summed E-state index contributed by atoms with van der Waals surface area (Å²) < 4.78 is 0. The molecule has 1 atom stereocenters. The van der Waals surface area contributed by atoms with Crippen LogP contribution in [0.15, 0.2) is 30.3 Å². The molecular formula is C16H26Cl2N2O. The number of nitrogens with one attached hydrogen (secondary N) is 2. The first-order chi connectivity index (χ1) is 9.09. The molecule has 0 aliphatic carbocycles. The van der Waals surface area contributed by atoms with Gasteiger partial charge in [0.15, 0.2) is 0 Å². The maximum absolute atomic E-state index is 12.4. The maximum Gasteiger partial charge on any atom is 0.219 e. The van der Waals surface area contributed by atoms with E-state index in [1.54, 1.807) is 4.90 Å². The molecule has 120 valence electrons. The summed E-state index contributed by atoms with van der Waals surface area (Å²) in [6.07, 6.45) is 0. The zero-order chi connectivity index (χ0) is 13.8. The number of hydrogen-bond acceptors (Lipinski definition) is 1. The zero-order valence-corrected chi connectivity index (χ0v) is 14.5. The van der Waals surface area contributed by atoms with E-state index in [0.29, 0.717) is 6.04 Å². The normalized spacial score (nSPS) is 22.9. The predicted octanol–water partition coefficient (Wildman–Crippen LogP) is -6.54. The summed E-state index contributed by atoms with van der Waals surface area (Å²) in [6.45, 7) is 11.2. The highest BCUT2D eigenvalue weighted by Gasteiger charge is 2.32. The van der Waals surface area contributed by atoms with Crippen LogP contribution >= 0.6 is 0 Å². The molecule has 1 saturated heterocycles. The summed E-state index contributed by atoms with van der Waals surface area (Å²) in [4.78, 5) is 15.5. The molecule has 0 amide bonds. The van der Waals surface area contributed by atoms with Gasteiger partial charge in [-0.1, -0.05) is 30.3 Å². The van der Waals surface area contributed by atoms with E-state index >= 15 is 0 Å². The second kappa shape index (κ2) is 9.42. The third-order valence-corrected chi connectivity index (χ3v) is 4.41. The van der Waals surface area contributed by atoms with Gasteiger partial charge in [-0.05, 0) is 20.8 Å². The smallest absolute Gasteiger partial charge is 0.219 e. The topological polar surface area (TPSA) is 26.0 Å². The maximum atomic E-state index is 12.4. The number of piperazine rings is 1. The van der Waals surface area contributed by atoms with Gasteiger partial charge >= 0.3 is 0 Å². The number of Topliss-reactive ketones (excluding diaryl/α,β-unsaturated/α-hetero) is 1. The Kier molecular flexibility index (Phi) is 9.14. The van der Waals surface area contributed by atoms with Gasteiger partial charge in [0.2, 0.25) is 5.78 Å². The second-order valence-corrected chi connectivity index (χ2v) is 5.92. The minimum Gasteiger partial charge on any atom is -1.00 e. The summed E-state index contributed by atoms with van der Waals surface area (Å²) in [7, 11) is 0. The number of ketones is 1. The molecule has 0 bridgehead atoms. The van der Waals surface area contributed by atoms with Crippen molar-refractivity contribution in [2.24, 2.45) is 0 Å². The molecule has 1 aliphatic heterocycles. The van der Waals surface area contributed by atoms with Crippen LogP contribution in [0.4, 0.5) is 0 Å². The van der Waals surface area contributed by atoms with Crippen molar-refractivity contribution in [1.82, 2.24) is 0 Å². The summed E-state index contributed by atoms with van der Waals surface area (Å²) in [5, 5.41) is 0. The Morgan fingerprint density at radius 3 is 1.86 bits per heavy atom. The van der Waals surface area contributed by atoms with E-state index in [9.17, 15) is 4.79 Å². The lowest BCUT2D eigenvalue weighted by molar-refractivity contribution is -1.03. The Morgan fingerprint density at radius 1 is 0.905 bits per heavy atom. The summed E-state index contributed by atoms with van der Waals surface area (Å²) in [6, 6.07) is 10.5. The van der Waals surface area contributed by atoms with Crippen molar-refractivity contribution in [2.75, 3.05) is 26.2 Å². The molecule has 1 aromatic rings. The third kappa shape index (κ3) is 5.26. The van der Waals surface area contributed by atoms with E-state index in [2.05, 4.69) is 20.8 Å². The third-order valence-electron chi connectivity index (χ3n) is 4.41. The van der Waals surface area contributed by atoms with E-state index in [1.807, 2.05) is 30.3 Å². The fourth-order valence-corrected chi connectivity index (χ4v) is 2.94. The highest BCUT2D eigenvalue weighted by molar-refractivity contribution is 5.98. The highest BCUT2D eigenvalue weighted by Crippen LogP contribution is 2.01. The number of carbonyl (C=O) groups is 1. The van der Waals surface area contributed by atoms with E-state index in [4.69, 9.17) is 0 Å². The largest absolute Gasteiger partial charge is 1.00 e. The minimum atomic E-state index is 0. The molecule has 0 radical (unpaired) electrons. The van der Waals surface area contributed by atoms with Crippen molar-refractivity contribution in [2.45, 2.75) is 32.9 Å². The quantitative estimate of drug-likeness (QED) is 0.527. The van der Waals surface area contributed by atoms with E-state index in [-0.39, 0.29) is 36.6 Å². The monoisotopic (exact) mass is 332 g/mol. The van der Waals surface area contributed by atoms with E-state index < -0.39 is 0 Å². The van der Waals surface area contributed by atoms with Gasteiger partial charge in [0.1, 0.15) is 32.2 Å². The Bertz CT molecular complexity index is 418. The van der Waals surface area contributed by atoms with Gasteiger partial charge in [-0.25, -0.2) is 0 Å². The lowest BCUT2D eigenvalue weighted by Gasteiger charge is -2.34. The van der Waals surface area contributed by atoms with Crippen molar-refractivity contribution in [3.63, 3.8) is 0 Å². The van der Waals surface area contributed by atoms with Crippen LogP contribution in [0.1, 0.15) is 31.1 Å². The summed E-state index contributed by atoms with van der Waals surface area (Å²) >= 11 is 0. The molecule has 3 nitrogen and oxygen atoms in total. The van der Waals surface area contributed by atoms with Crippen molar-refractivity contribution < 1.29 is 39.4 Å². The average molecular weight is 333 g/mol. The Morgan fingerprint density at radius 2 is 1.38 bits per heavy atom. The second-order valence-electron chi connectivity index (χ2n) is 5.92. The fourth-order valence-electron chi connectivity index (χ4n) is 2.94.